The van der Waals surface area contributed by atoms with E-state index in [4.69, 9.17) is 4.74 Å². The largest absolute Gasteiger partial charge is 0.368 e. The summed E-state index contributed by atoms with van der Waals surface area (Å²) in [5.41, 5.74) is 4.06. The Hall–Kier alpha value is -2.27. The molecule has 2 aromatic rings. The Labute approximate surface area is 147 Å². The number of hydrogen-bond donors (Lipinski definition) is 0. The molecule has 0 N–H and O–H groups in total. The molecule has 2 aromatic carbocycles. The second kappa shape index (κ2) is 7.31. The van der Waals surface area contributed by atoms with Gasteiger partial charge in [-0.15, -0.1) is 0 Å². The predicted octanol–water partition coefficient (Wildman–Crippen LogP) is 4.55. The first kappa shape index (κ1) is 17.5. The summed E-state index contributed by atoms with van der Waals surface area (Å²) in [4.78, 5) is 6.53. The van der Waals surface area contributed by atoms with Gasteiger partial charge < -0.3 is 9.64 Å². The molecule has 0 radical (unpaired) electrons. The number of benzene rings is 2. The molecule has 1 unspecified atom stereocenters. The molecule has 1 heterocycles. The third kappa shape index (κ3) is 3.56. The molecule has 1 atom stereocenters. The second-order valence-corrected chi connectivity index (χ2v) is 6.30. The van der Waals surface area contributed by atoms with E-state index in [0.29, 0.717) is 6.61 Å². The van der Waals surface area contributed by atoms with Crippen molar-refractivity contribution in [1.29, 1.82) is 0 Å². The fourth-order valence-electron chi connectivity index (χ4n) is 2.96. The van der Waals surface area contributed by atoms with Crippen molar-refractivity contribution in [2.45, 2.75) is 26.4 Å². The molecule has 0 amide bonds. The van der Waals surface area contributed by atoms with Crippen molar-refractivity contribution in [3.05, 3.63) is 64.2 Å². The molecule has 0 fully saturated rings. The first-order valence-corrected chi connectivity index (χ1v) is 8.44. The standard InChI is InChI=1S/C20H22F2N2O/c1-4-24(3)12-23-18-11-14-8-9-25-20(16(14)10-13(18)2)15-6-5-7-17(21)19(15)22/h5-7,10-12,20H,4,8-9H2,1-3H3/b23-12+. The van der Waals surface area contributed by atoms with Crippen LogP contribution >= 0.6 is 0 Å². The monoisotopic (exact) mass is 344 g/mol. The van der Waals surface area contributed by atoms with E-state index >= 15 is 0 Å². The second-order valence-electron chi connectivity index (χ2n) is 6.30. The van der Waals surface area contributed by atoms with E-state index in [-0.39, 0.29) is 5.56 Å². The van der Waals surface area contributed by atoms with Crippen LogP contribution in [-0.2, 0) is 11.2 Å². The van der Waals surface area contributed by atoms with E-state index in [9.17, 15) is 8.78 Å². The van der Waals surface area contributed by atoms with Crippen molar-refractivity contribution in [3.63, 3.8) is 0 Å². The van der Waals surface area contributed by atoms with Gasteiger partial charge in [-0.3, -0.25) is 0 Å². The van der Waals surface area contributed by atoms with Crippen molar-refractivity contribution in [2.75, 3.05) is 20.2 Å². The molecular weight excluding hydrogens is 322 g/mol. The zero-order chi connectivity index (χ0) is 18.0. The smallest absolute Gasteiger partial charge is 0.164 e. The van der Waals surface area contributed by atoms with Crippen molar-refractivity contribution < 1.29 is 13.5 Å². The Morgan fingerprint density at radius 2 is 2.08 bits per heavy atom. The molecule has 0 spiro atoms. The summed E-state index contributed by atoms with van der Waals surface area (Å²) >= 11 is 0. The van der Waals surface area contributed by atoms with Crippen LogP contribution in [0.3, 0.4) is 0 Å². The van der Waals surface area contributed by atoms with Gasteiger partial charge in [-0.2, -0.15) is 0 Å². The number of aliphatic imine (C=N–C) groups is 1. The summed E-state index contributed by atoms with van der Waals surface area (Å²) in [6, 6.07) is 8.21. The number of rotatable bonds is 4. The molecule has 0 aromatic heterocycles. The molecule has 5 heteroatoms. The molecule has 3 nitrogen and oxygen atoms in total. The predicted molar refractivity (Wildman–Crippen MR) is 95.5 cm³/mol. The minimum atomic E-state index is -0.853. The maximum Gasteiger partial charge on any atom is 0.164 e. The highest BCUT2D eigenvalue weighted by Gasteiger charge is 2.27. The number of fused-ring (bicyclic) bond motifs is 1. The van der Waals surface area contributed by atoms with Crippen LogP contribution in [0.5, 0.6) is 0 Å². The van der Waals surface area contributed by atoms with Crippen LogP contribution in [-0.4, -0.2) is 31.4 Å². The quantitative estimate of drug-likeness (QED) is 0.600. The molecule has 132 valence electrons. The third-order valence-electron chi connectivity index (χ3n) is 4.55. The summed E-state index contributed by atoms with van der Waals surface area (Å²) in [6.07, 6.45) is 1.95. The van der Waals surface area contributed by atoms with E-state index in [1.807, 2.05) is 31.0 Å². The number of aryl methyl sites for hydroxylation is 1. The fraction of sp³-hybridized carbons (Fsp3) is 0.350. The van der Waals surface area contributed by atoms with Gasteiger partial charge in [0.15, 0.2) is 11.6 Å². The van der Waals surface area contributed by atoms with Crippen LogP contribution in [0.4, 0.5) is 14.5 Å². The average molecular weight is 344 g/mol. The number of ether oxygens (including phenoxy) is 1. The first-order chi connectivity index (χ1) is 12.0. The highest BCUT2D eigenvalue weighted by atomic mass is 19.2. The van der Waals surface area contributed by atoms with Crippen LogP contribution < -0.4 is 0 Å². The lowest BCUT2D eigenvalue weighted by atomic mass is 9.90. The maximum atomic E-state index is 14.2. The zero-order valence-electron chi connectivity index (χ0n) is 14.7. The zero-order valence-corrected chi connectivity index (χ0v) is 14.7. The van der Waals surface area contributed by atoms with Crippen LogP contribution in [0.2, 0.25) is 0 Å². The van der Waals surface area contributed by atoms with Crippen LogP contribution in [0.25, 0.3) is 0 Å². The average Bonchev–Trinajstić information content (AvgIpc) is 2.61. The van der Waals surface area contributed by atoms with E-state index in [1.54, 1.807) is 12.4 Å². The van der Waals surface area contributed by atoms with Gasteiger partial charge in [0.1, 0.15) is 6.10 Å². The molecule has 0 bridgehead atoms. The van der Waals surface area contributed by atoms with Gasteiger partial charge >= 0.3 is 0 Å². The molecular formula is C20H22F2N2O. The van der Waals surface area contributed by atoms with E-state index < -0.39 is 17.7 Å². The highest BCUT2D eigenvalue weighted by molar-refractivity contribution is 5.64. The molecule has 0 saturated heterocycles. The van der Waals surface area contributed by atoms with Gasteiger partial charge in [0, 0.05) is 19.2 Å². The third-order valence-corrected chi connectivity index (χ3v) is 4.55. The topological polar surface area (TPSA) is 24.8 Å². The van der Waals surface area contributed by atoms with Gasteiger partial charge in [0.25, 0.3) is 0 Å². The van der Waals surface area contributed by atoms with Crippen LogP contribution in [0, 0.1) is 18.6 Å². The Balaban J connectivity index is 2.01. The SMILES string of the molecule is CCN(C)/C=N/c1cc2c(cc1C)C(c1cccc(F)c1F)OCC2. The lowest BCUT2D eigenvalue weighted by Crippen LogP contribution is -2.19. The van der Waals surface area contributed by atoms with Gasteiger partial charge in [-0.1, -0.05) is 18.2 Å². The Kier molecular flexibility index (Phi) is 5.13. The minimum absolute atomic E-state index is 0.238. The Bertz CT molecular complexity index is 805. The summed E-state index contributed by atoms with van der Waals surface area (Å²) in [5, 5.41) is 0. The lowest BCUT2D eigenvalue weighted by molar-refractivity contribution is 0.0670. The highest BCUT2D eigenvalue weighted by Crippen LogP contribution is 2.37. The van der Waals surface area contributed by atoms with E-state index in [0.717, 1.165) is 41.4 Å². The number of halogens is 2. The maximum absolute atomic E-state index is 14.2. The Morgan fingerprint density at radius 1 is 1.28 bits per heavy atom. The summed E-state index contributed by atoms with van der Waals surface area (Å²) in [6.45, 7) is 5.37. The number of nitrogens with zero attached hydrogens (tertiary/aromatic N) is 2. The summed E-state index contributed by atoms with van der Waals surface area (Å²) in [5.74, 6) is -1.70. The first-order valence-electron chi connectivity index (χ1n) is 8.44. The molecule has 0 aliphatic carbocycles. The van der Waals surface area contributed by atoms with Crippen LogP contribution in [0.15, 0.2) is 35.3 Å². The van der Waals surface area contributed by atoms with E-state index in [2.05, 4.69) is 11.9 Å². The van der Waals surface area contributed by atoms with Gasteiger partial charge in [0.05, 0.1) is 18.6 Å². The molecule has 25 heavy (non-hydrogen) atoms. The van der Waals surface area contributed by atoms with Crippen molar-refractivity contribution in [2.24, 2.45) is 4.99 Å². The molecule has 0 saturated carbocycles. The van der Waals surface area contributed by atoms with Gasteiger partial charge in [-0.25, -0.2) is 13.8 Å². The fourth-order valence-corrected chi connectivity index (χ4v) is 2.96. The van der Waals surface area contributed by atoms with E-state index in [1.165, 1.54) is 6.07 Å². The molecule has 3 rings (SSSR count). The minimum Gasteiger partial charge on any atom is -0.368 e. The normalized spacial score (nSPS) is 16.9. The summed E-state index contributed by atoms with van der Waals surface area (Å²) < 4.78 is 33.6. The van der Waals surface area contributed by atoms with Gasteiger partial charge in [0.2, 0.25) is 0 Å². The molecule has 1 aliphatic rings. The van der Waals surface area contributed by atoms with Crippen molar-refractivity contribution >= 4 is 12.0 Å². The van der Waals surface area contributed by atoms with Crippen molar-refractivity contribution in [3.8, 4) is 0 Å². The lowest BCUT2D eigenvalue weighted by Gasteiger charge is -2.27. The summed E-state index contributed by atoms with van der Waals surface area (Å²) in [7, 11) is 1.97. The van der Waals surface area contributed by atoms with Crippen molar-refractivity contribution in [1.82, 2.24) is 4.90 Å². The number of hydrogen-bond acceptors (Lipinski definition) is 2. The van der Waals surface area contributed by atoms with Crippen LogP contribution in [0.1, 0.15) is 35.3 Å². The Morgan fingerprint density at radius 3 is 2.84 bits per heavy atom. The molecule has 1 aliphatic heterocycles. The van der Waals surface area contributed by atoms with Gasteiger partial charge in [-0.05, 0) is 49.1 Å².